The average molecular weight is 596 g/mol. The molecule has 0 bridgehead atoms. The van der Waals surface area contributed by atoms with Gasteiger partial charge in [-0.1, -0.05) is 24.3 Å². The van der Waals surface area contributed by atoms with Crippen molar-refractivity contribution in [2.24, 2.45) is 0 Å². The molecule has 2 amide bonds. The molecule has 2 aliphatic rings. The number of carbonyl (C=O) groups is 3. The summed E-state index contributed by atoms with van der Waals surface area (Å²) in [4.78, 5) is 42.4. The van der Waals surface area contributed by atoms with Crippen molar-refractivity contribution in [3.8, 4) is 0 Å². The van der Waals surface area contributed by atoms with E-state index in [2.05, 4.69) is 32.1 Å². The summed E-state index contributed by atoms with van der Waals surface area (Å²) in [5.74, 6) is -1.72. The predicted octanol–water partition coefficient (Wildman–Crippen LogP) is 1.03. The molecule has 5 rings (SSSR count). The van der Waals surface area contributed by atoms with Crippen molar-refractivity contribution in [2.75, 3.05) is 25.0 Å². The van der Waals surface area contributed by atoms with Crippen molar-refractivity contribution >= 4 is 33.6 Å². The maximum atomic E-state index is 13.1. The highest BCUT2D eigenvalue weighted by Gasteiger charge is 2.40. The van der Waals surface area contributed by atoms with Crippen molar-refractivity contribution in [3.05, 3.63) is 71.7 Å². The third-order valence-electron chi connectivity index (χ3n) is 7.38. The van der Waals surface area contributed by atoms with Gasteiger partial charge in [-0.3, -0.25) is 14.3 Å². The second-order valence-electron chi connectivity index (χ2n) is 10.3. The van der Waals surface area contributed by atoms with E-state index in [9.17, 15) is 27.9 Å². The van der Waals surface area contributed by atoms with Crippen LogP contribution in [0.25, 0.3) is 0 Å². The number of hydrogen-bond acceptors (Lipinski definition) is 8. The lowest BCUT2D eigenvalue weighted by atomic mass is 10.1. The number of rotatable bonds is 11. The lowest BCUT2D eigenvalue weighted by molar-refractivity contribution is -0.142. The van der Waals surface area contributed by atoms with E-state index in [1.807, 2.05) is 6.07 Å². The second kappa shape index (κ2) is 12.7. The molecule has 1 saturated heterocycles. The minimum absolute atomic E-state index is 0.0586. The Morgan fingerprint density at radius 3 is 2.71 bits per heavy atom. The van der Waals surface area contributed by atoms with Crippen LogP contribution in [0.3, 0.4) is 0 Å². The fraction of sp³-hybridized carbons (Fsp3) is 0.393. The largest absolute Gasteiger partial charge is 0.480 e. The molecule has 13 nitrogen and oxygen atoms in total. The van der Waals surface area contributed by atoms with Crippen LogP contribution in [-0.4, -0.2) is 82.1 Å². The van der Waals surface area contributed by atoms with Crippen molar-refractivity contribution in [1.82, 2.24) is 29.7 Å². The van der Waals surface area contributed by atoms with E-state index in [-0.39, 0.29) is 23.4 Å². The molecule has 4 N–H and O–H groups in total. The lowest BCUT2D eigenvalue weighted by Gasteiger charge is -2.25. The van der Waals surface area contributed by atoms with E-state index in [0.29, 0.717) is 19.4 Å². The Labute approximate surface area is 243 Å². The van der Waals surface area contributed by atoms with Crippen LogP contribution in [0.5, 0.6) is 0 Å². The Bertz CT molecular complexity index is 1560. The summed E-state index contributed by atoms with van der Waals surface area (Å²) < 4.78 is 28.9. The molecular formula is C28H33N7O6S. The predicted molar refractivity (Wildman–Crippen MR) is 152 cm³/mol. The van der Waals surface area contributed by atoms with Crippen LogP contribution >= 0.6 is 0 Å². The van der Waals surface area contributed by atoms with Gasteiger partial charge >= 0.3 is 5.97 Å². The zero-order chi connectivity index (χ0) is 29.7. The molecule has 3 aromatic rings. The molecule has 0 radical (unpaired) electrons. The summed E-state index contributed by atoms with van der Waals surface area (Å²) in [5.41, 5.74) is 2.35. The number of fused-ring (bicyclic) bond motifs is 1. The van der Waals surface area contributed by atoms with Crippen LogP contribution in [0.15, 0.2) is 59.8 Å². The van der Waals surface area contributed by atoms with E-state index in [0.717, 1.165) is 35.2 Å². The molecule has 2 aromatic heterocycles. The second-order valence-corrected chi connectivity index (χ2v) is 12.2. The van der Waals surface area contributed by atoms with Gasteiger partial charge in [0.1, 0.15) is 17.9 Å². The number of carbonyl (C=O) groups excluding carboxylic acids is 2. The summed E-state index contributed by atoms with van der Waals surface area (Å²) in [6, 6.07) is 9.33. The third kappa shape index (κ3) is 6.60. The maximum absolute atomic E-state index is 13.1. The molecule has 14 heteroatoms. The number of nitrogens with zero attached hydrogens (tertiary/aromatic N) is 4. The number of sulfonamides is 1. The van der Waals surface area contributed by atoms with Crippen LogP contribution in [-0.2, 0) is 39.0 Å². The molecule has 2 atom stereocenters. The van der Waals surface area contributed by atoms with Gasteiger partial charge in [-0.25, -0.2) is 18.2 Å². The minimum Gasteiger partial charge on any atom is -0.480 e. The first-order valence-electron chi connectivity index (χ1n) is 13.9. The highest BCUT2D eigenvalue weighted by Crippen LogP contribution is 2.26. The third-order valence-corrected chi connectivity index (χ3v) is 9.30. The number of aliphatic carboxylic acids is 1. The van der Waals surface area contributed by atoms with Crippen molar-refractivity contribution in [2.45, 2.75) is 55.6 Å². The maximum Gasteiger partial charge on any atom is 0.328 e. The smallest absolute Gasteiger partial charge is 0.328 e. The summed E-state index contributed by atoms with van der Waals surface area (Å²) in [6.07, 6.45) is 6.37. The number of carboxylic acid groups (broad SMARTS) is 1. The number of carboxylic acids is 1. The first-order valence-corrected chi connectivity index (χ1v) is 15.3. The van der Waals surface area contributed by atoms with Gasteiger partial charge in [0.15, 0.2) is 0 Å². The number of benzene rings is 1. The topological polar surface area (TPSA) is 176 Å². The van der Waals surface area contributed by atoms with Crippen molar-refractivity contribution in [1.29, 1.82) is 0 Å². The molecule has 2 aliphatic heterocycles. The molecule has 0 spiro atoms. The number of anilines is 1. The average Bonchev–Trinajstić information content (AvgIpc) is 3.69. The first kappa shape index (κ1) is 29.2. The highest BCUT2D eigenvalue weighted by atomic mass is 32.2. The zero-order valence-electron chi connectivity index (χ0n) is 22.9. The van der Waals surface area contributed by atoms with Gasteiger partial charge < -0.3 is 21.1 Å². The van der Waals surface area contributed by atoms with Crippen LogP contribution < -0.4 is 16.0 Å². The quantitative estimate of drug-likeness (QED) is 0.252. The van der Waals surface area contributed by atoms with Gasteiger partial charge in [0.05, 0.1) is 16.7 Å². The highest BCUT2D eigenvalue weighted by molar-refractivity contribution is 7.89. The molecule has 1 aromatic carbocycles. The zero-order valence-corrected chi connectivity index (χ0v) is 23.7. The Morgan fingerprint density at radius 1 is 1.12 bits per heavy atom. The molecule has 1 fully saturated rings. The molecule has 0 aliphatic carbocycles. The molecular weight excluding hydrogens is 562 g/mol. The number of aromatic nitrogens is 3. The summed E-state index contributed by atoms with van der Waals surface area (Å²) in [7, 11) is -3.94. The summed E-state index contributed by atoms with van der Waals surface area (Å²) in [6.45, 7) is 1.15. The van der Waals surface area contributed by atoms with Crippen molar-refractivity contribution in [3.63, 3.8) is 0 Å². The van der Waals surface area contributed by atoms with Gasteiger partial charge in [0.2, 0.25) is 15.9 Å². The summed E-state index contributed by atoms with van der Waals surface area (Å²) in [5, 5.41) is 22.1. The van der Waals surface area contributed by atoms with Gasteiger partial charge in [-0.05, 0) is 49.4 Å². The standard InChI is InChI=1S/C28H33N7O6S/c36-26(20-16-31-34(18-20)15-12-21-11-10-19-6-4-13-29-25(19)32-21)30-17-23(28(38)39)33-27(37)24-9-5-14-35(24)42(40,41)22-7-2-1-3-8-22/h1-3,7-8,10-11,16,18,23-24H,4-6,9,12-15,17H2,(H,29,32)(H,30,36)(H,33,37)(H,38,39). The lowest BCUT2D eigenvalue weighted by Crippen LogP contribution is -2.54. The van der Waals surface area contributed by atoms with Crippen LogP contribution in [0.4, 0.5) is 5.82 Å². The fourth-order valence-corrected chi connectivity index (χ4v) is 6.80. The Morgan fingerprint density at radius 2 is 1.93 bits per heavy atom. The summed E-state index contributed by atoms with van der Waals surface area (Å²) >= 11 is 0. The number of aryl methyl sites for hydroxylation is 3. The van der Waals surface area contributed by atoms with Gasteiger partial charge in [0, 0.05) is 44.5 Å². The van der Waals surface area contributed by atoms with Gasteiger partial charge in [-0.15, -0.1) is 0 Å². The Kier molecular flexibility index (Phi) is 8.83. The Hall–Kier alpha value is -4.30. The van der Waals surface area contributed by atoms with Gasteiger partial charge in [0.25, 0.3) is 5.91 Å². The number of hydrogen-bond donors (Lipinski definition) is 4. The fourth-order valence-electron chi connectivity index (χ4n) is 5.12. The van der Waals surface area contributed by atoms with E-state index in [4.69, 9.17) is 0 Å². The van der Waals surface area contributed by atoms with E-state index >= 15 is 0 Å². The van der Waals surface area contributed by atoms with Crippen LogP contribution in [0, 0.1) is 0 Å². The van der Waals surface area contributed by atoms with Crippen LogP contribution in [0.1, 0.15) is 40.9 Å². The van der Waals surface area contributed by atoms with E-state index in [1.54, 1.807) is 29.1 Å². The van der Waals surface area contributed by atoms with Crippen LogP contribution in [0.2, 0.25) is 0 Å². The monoisotopic (exact) mass is 595 g/mol. The molecule has 0 saturated carbocycles. The Balaban J connectivity index is 1.15. The molecule has 4 heterocycles. The number of pyridine rings is 1. The first-order chi connectivity index (χ1) is 20.2. The molecule has 2 unspecified atom stereocenters. The number of amides is 2. The normalized spacial score (nSPS) is 17.6. The van der Waals surface area contributed by atoms with E-state index in [1.165, 1.54) is 23.9 Å². The SMILES string of the molecule is O=C(NCC(NC(=O)C1CCCN1S(=O)(=O)c1ccccc1)C(=O)O)c1cnn(CCc2ccc3c(n2)NCCC3)c1. The number of nitrogens with one attached hydrogen (secondary N) is 3. The van der Waals surface area contributed by atoms with Crippen molar-refractivity contribution < 1.29 is 27.9 Å². The minimum atomic E-state index is -3.94. The van der Waals surface area contributed by atoms with Gasteiger partial charge in [-0.2, -0.15) is 9.40 Å². The van der Waals surface area contributed by atoms with E-state index < -0.39 is 46.4 Å². The molecule has 42 heavy (non-hydrogen) atoms. The molecule has 222 valence electrons.